The third kappa shape index (κ3) is 3.16. The number of nitrogen functional groups attached to an aromatic ring is 1. The van der Waals surface area contributed by atoms with Crippen molar-refractivity contribution >= 4 is 23.3 Å². The van der Waals surface area contributed by atoms with E-state index in [1.54, 1.807) is 18.2 Å². The van der Waals surface area contributed by atoms with E-state index in [-0.39, 0.29) is 17.4 Å². The molecule has 0 saturated heterocycles. The van der Waals surface area contributed by atoms with E-state index in [9.17, 15) is 9.59 Å². The highest BCUT2D eigenvalue weighted by Crippen LogP contribution is 2.18. The second-order valence-corrected chi connectivity index (χ2v) is 4.34. The normalized spacial score (nSPS) is 10.2. The minimum absolute atomic E-state index is 0.0926. The fraction of sp³-hybridized carbons (Fsp3) is 0.231. The molecule has 8 nitrogen and oxygen atoms in total. The van der Waals surface area contributed by atoms with Crippen LogP contribution in [0, 0.1) is 6.92 Å². The van der Waals surface area contributed by atoms with Gasteiger partial charge in [-0.3, -0.25) is 9.59 Å². The predicted octanol–water partition coefficient (Wildman–Crippen LogP) is 0.962. The largest absolute Gasteiger partial charge is 0.379 e. The van der Waals surface area contributed by atoms with Gasteiger partial charge in [0.15, 0.2) is 0 Å². The van der Waals surface area contributed by atoms with Crippen molar-refractivity contribution in [2.75, 3.05) is 17.6 Å². The summed E-state index contributed by atoms with van der Waals surface area (Å²) in [6.07, 6.45) is 0. The molecular weight excluding hydrogens is 274 g/mol. The van der Waals surface area contributed by atoms with Crippen LogP contribution in [-0.4, -0.2) is 28.7 Å². The number of aromatic nitrogens is 2. The third-order valence-corrected chi connectivity index (χ3v) is 2.81. The van der Waals surface area contributed by atoms with Crippen LogP contribution in [0.25, 0.3) is 0 Å². The molecule has 8 heteroatoms. The topological polar surface area (TPSA) is 123 Å². The predicted molar refractivity (Wildman–Crippen MR) is 75.8 cm³/mol. The SMILES string of the molecule is CCNC(=O)c1ccc(C)c(NC(=O)c2nonc2N)c1. The maximum atomic E-state index is 12.0. The summed E-state index contributed by atoms with van der Waals surface area (Å²) in [4.78, 5) is 23.8. The highest BCUT2D eigenvalue weighted by Gasteiger charge is 2.17. The lowest BCUT2D eigenvalue weighted by atomic mass is 10.1. The highest BCUT2D eigenvalue weighted by molar-refractivity contribution is 6.06. The van der Waals surface area contributed by atoms with Crippen molar-refractivity contribution in [2.45, 2.75) is 13.8 Å². The molecule has 2 amide bonds. The lowest BCUT2D eigenvalue weighted by Gasteiger charge is -2.09. The van der Waals surface area contributed by atoms with E-state index in [1.807, 2.05) is 13.8 Å². The van der Waals surface area contributed by atoms with Gasteiger partial charge < -0.3 is 16.4 Å². The van der Waals surface area contributed by atoms with Crippen molar-refractivity contribution in [3.8, 4) is 0 Å². The molecule has 0 bridgehead atoms. The van der Waals surface area contributed by atoms with Crippen molar-refractivity contribution in [3.05, 3.63) is 35.0 Å². The Bertz CT molecular complexity index is 680. The number of aryl methyl sites for hydroxylation is 1. The van der Waals surface area contributed by atoms with Gasteiger partial charge in [-0.1, -0.05) is 6.07 Å². The number of hydrogen-bond acceptors (Lipinski definition) is 6. The molecule has 0 fully saturated rings. The van der Waals surface area contributed by atoms with Gasteiger partial charge in [-0.05, 0) is 41.9 Å². The Kier molecular flexibility index (Phi) is 4.17. The molecule has 0 radical (unpaired) electrons. The molecule has 0 unspecified atom stereocenters. The zero-order chi connectivity index (χ0) is 15.4. The first-order chi connectivity index (χ1) is 10.0. The number of anilines is 2. The first-order valence-corrected chi connectivity index (χ1v) is 6.31. The van der Waals surface area contributed by atoms with E-state index in [0.29, 0.717) is 17.8 Å². The summed E-state index contributed by atoms with van der Waals surface area (Å²) in [5.74, 6) is -0.856. The van der Waals surface area contributed by atoms with E-state index < -0.39 is 5.91 Å². The number of nitrogens with two attached hydrogens (primary N) is 1. The molecule has 1 aromatic carbocycles. The van der Waals surface area contributed by atoms with Crippen LogP contribution in [0.2, 0.25) is 0 Å². The van der Waals surface area contributed by atoms with Crippen molar-refractivity contribution in [3.63, 3.8) is 0 Å². The molecule has 0 spiro atoms. The maximum absolute atomic E-state index is 12.0. The molecule has 21 heavy (non-hydrogen) atoms. The Morgan fingerprint density at radius 1 is 1.29 bits per heavy atom. The number of carbonyl (C=O) groups excluding carboxylic acids is 2. The van der Waals surface area contributed by atoms with Gasteiger partial charge >= 0.3 is 0 Å². The van der Waals surface area contributed by atoms with Gasteiger partial charge in [0.1, 0.15) is 0 Å². The van der Waals surface area contributed by atoms with Crippen molar-refractivity contribution in [2.24, 2.45) is 0 Å². The summed E-state index contributed by atoms with van der Waals surface area (Å²) in [6, 6.07) is 5.01. The zero-order valence-corrected chi connectivity index (χ0v) is 11.6. The minimum Gasteiger partial charge on any atom is -0.379 e. The fourth-order valence-corrected chi connectivity index (χ4v) is 1.70. The number of rotatable bonds is 4. The number of amides is 2. The molecule has 0 atom stereocenters. The molecule has 4 N–H and O–H groups in total. The van der Waals surface area contributed by atoms with Crippen molar-refractivity contribution in [1.29, 1.82) is 0 Å². The summed E-state index contributed by atoms with van der Waals surface area (Å²) >= 11 is 0. The van der Waals surface area contributed by atoms with Gasteiger partial charge in [-0.2, -0.15) is 0 Å². The van der Waals surface area contributed by atoms with Crippen LogP contribution in [-0.2, 0) is 0 Å². The van der Waals surface area contributed by atoms with Gasteiger partial charge in [-0.15, -0.1) is 0 Å². The number of nitrogens with one attached hydrogen (secondary N) is 2. The zero-order valence-electron chi connectivity index (χ0n) is 11.6. The Balaban J connectivity index is 2.23. The van der Waals surface area contributed by atoms with Crippen LogP contribution >= 0.6 is 0 Å². The molecule has 0 aliphatic rings. The van der Waals surface area contributed by atoms with Crippen molar-refractivity contribution in [1.82, 2.24) is 15.6 Å². The summed E-state index contributed by atoms with van der Waals surface area (Å²) in [7, 11) is 0. The minimum atomic E-state index is -0.551. The van der Waals surface area contributed by atoms with Crippen LogP contribution in [0.15, 0.2) is 22.8 Å². The maximum Gasteiger partial charge on any atom is 0.281 e. The van der Waals surface area contributed by atoms with Gasteiger partial charge in [0.05, 0.1) is 0 Å². The first kappa shape index (κ1) is 14.5. The molecular formula is C13H15N5O3. The number of hydrogen-bond donors (Lipinski definition) is 3. The smallest absolute Gasteiger partial charge is 0.281 e. The average Bonchev–Trinajstić information content (AvgIpc) is 2.87. The molecule has 0 saturated carbocycles. The van der Waals surface area contributed by atoms with Crippen LogP contribution in [0.5, 0.6) is 0 Å². The van der Waals surface area contributed by atoms with Crippen molar-refractivity contribution < 1.29 is 14.2 Å². The van der Waals surface area contributed by atoms with Crippen LogP contribution in [0.1, 0.15) is 33.3 Å². The molecule has 110 valence electrons. The van der Waals surface area contributed by atoms with E-state index in [4.69, 9.17) is 5.73 Å². The summed E-state index contributed by atoms with van der Waals surface area (Å²) in [5, 5.41) is 12.1. The monoisotopic (exact) mass is 289 g/mol. The number of benzene rings is 1. The Hall–Kier alpha value is -2.90. The van der Waals surface area contributed by atoms with Gasteiger partial charge in [0, 0.05) is 17.8 Å². The summed E-state index contributed by atoms with van der Waals surface area (Å²) in [6.45, 7) is 4.16. The quantitative estimate of drug-likeness (QED) is 0.770. The number of carbonyl (C=O) groups is 2. The van der Waals surface area contributed by atoms with Crippen LogP contribution in [0.4, 0.5) is 11.5 Å². The summed E-state index contributed by atoms with van der Waals surface area (Å²) < 4.78 is 4.38. The standard InChI is InChI=1S/C13H15N5O3/c1-3-15-12(19)8-5-4-7(2)9(6-8)16-13(20)10-11(14)18-21-17-10/h4-6H,3H2,1-2H3,(H2,14,18)(H,15,19)(H,16,20). The van der Waals surface area contributed by atoms with E-state index in [0.717, 1.165) is 5.56 Å². The molecule has 1 aromatic heterocycles. The first-order valence-electron chi connectivity index (χ1n) is 6.31. The van der Waals surface area contributed by atoms with E-state index in [1.165, 1.54) is 0 Å². The Morgan fingerprint density at radius 2 is 2.05 bits per heavy atom. The highest BCUT2D eigenvalue weighted by atomic mass is 16.6. The average molecular weight is 289 g/mol. The second-order valence-electron chi connectivity index (χ2n) is 4.34. The summed E-state index contributed by atoms with van der Waals surface area (Å²) in [5.41, 5.74) is 7.10. The fourth-order valence-electron chi connectivity index (χ4n) is 1.70. The second kappa shape index (κ2) is 6.04. The Labute approximate surface area is 120 Å². The lowest BCUT2D eigenvalue weighted by molar-refractivity contribution is 0.0954. The van der Waals surface area contributed by atoms with E-state index in [2.05, 4.69) is 25.6 Å². The third-order valence-electron chi connectivity index (χ3n) is 2.81. The molecule has 0 aliphatic heterocycles. The Morgan fingerprint density at radius 3 is 2.67 bits per heavy atom. The van der Waals surface area contributed by atoms with Gasteiger partial charge in [0.25, 0.3) is 11.8 Å². The van der Waals surface area contributed by atoms with Crippen LogP contribution in [0.3, 0.4) is 0 Å². The molecule has 1 heterocycles. The van der Waals surface area contributed by atoms with Gasteiger partial charge in [0.2, 0.25) is 11.5 Å². The molecule has 2 rings (SSSR count). The molecule has 2 aromatic rings. The number of nitrogens with zero attached hydrogens (tertiary/aromatic N) is 2. The lowest BCUT2D eigenvalue weighted by Crippen LogP contribution is -2.23. The molecule has 0 aliphatic carbocycles. The van der Waals surface area contributed by atoms with Gasteiger partial charge in [-0.25, -0.2) is 4.63 Å². The van der Waals surface area contributed by atoms with Crippen LogP contribution < -0.4 is 16.4 Å². The van der Waals surface area contributed by atoms with E-state index >= 15 is 0 Å².